The normalized spacial score (nSPS) is 12.9. The zero-order valence-corrected chi connectivity index (χ0v) is 21.3. The predicted octanol–water partition coefficient (Wildman–Crippen LogP) is 6.15. The molecule has 0 atom stereocenters. The maximum atomic E-state index is 5.93. The monoisotopic (exact) mass is 489 g/mol. The smallest absolute Gasteiger partial charge is 0.231 e. The molecular weight excluding hydrogens is 454 g/mol. The van der Waals surface area contributed by atoms with Crippen LogP contribution in [0.4, 0.5) is 0 Å². The van der Waals surface area contributed by atoms with Crippen molar-refractivity contribution in [1.82, 2.24) is 5.32 Å². The summed E-state index contributed by atoms with van der Waals surface area (Å²) in [7, 11) is 1.61. The molecule has 1 heterocycles. The van der Waals surface area contributed by atoms with Crippen LogP contribution < -0.4 is 24.3 Å². The maximum Gasteiger partial charge on any atom is 0.231 e. The largest absolute Gasteiger partial charge is 0.492 e. The lowest BCUT2D eigenvalue weighted by Gasteiger charge is -2.18. The first kappa shape index (κ1) is 25.6. The van der Waals surface area contributed by atoms with Crippen molar-refractivity contribution >= 4 is 11.1 Å². The summed E-state index contributed by atoms with van der Waals surface area (Å²) in [5, 5.41) is 3.36. The summed E-state index contributed by atoms with van der Waals surface area (Å²) in [6, 6.07) is 22.6. The van der Waals surface area contributed by atoms with Crippen LogP contribution in [0.25, 0.3) is 11.1 Å². The van der Waals surface area contributed by atoms with Crippen LogP contribution >= 0.6 is 0 Å². The van der Waals surface area contributed by atoms with E-state index in [0.717, 1.165) is 71.2 Å². The van der Waals surface area contributed by atoms with Crippen LogP contribution in [0.1, 0.15) is 43.4 Å². The van der Waals surface area contributed by atoms with Crippen LogP contribution in [0.2, 0.25) is 0 Å². The number of hydrogen-bond donors (Lipinski definition) is 1. The molecule has 1 aliphatic heterocycles. The number of ether oxygens (including phenoxy) is 5. The minimum Gasteiger partial charge on any atom is -0.492 e. The summed E-state index contributed by atoms with van der Waals surface area (Å²) >= 11 is 0. The summed E-state index contributed by atoms with van der Waals surface area (Å²) in [5.74, 6) is 3.19. The molecule has 3 aromatic rings. The number of rotatable bonds is 13. The van der Waals surface area contributed by atoms with Crippen molar-refractivity contribution in [3.05, 3.63) is 83.4 Å². The lowest BCUT2D eigenvalue weighted by molar-refractivity contribution is 0.0511. The molecule has 0 amide bonds. The van der Waals surface area contributed by atoms with Gasteiger partial charge in [-0.1, -0.05) is 44.2 Å². The van der Waals surface area contributed by atoms with Gasteiger partial charge < -0.3 is 29.0 Å². The van der Waals surface area contributed by atoms with Gasteiger partial charge in [-0.2, -0.15) is 0 Å². The summed E-state index contributed by atoms with van der Waals surface area (Å²) in [4.78, 5) is 0. The number of hydrogen-bond acceptors (Lipinski definition) is 6. The predicted molar refractivity (Wildman–Crippen MR) is 143 cm³/mol. The van der Waals surface area contributed by atoms with Crippen LogP contribution in [0.15, 0.2) is 66.7 Å². The Morgan fingerprint density at radius 1 is 0.778 bits per heavy atom. The second-order valence-electron chi connectivity index (χ2n) is 8.47. The number of methoxy groups -OCH3 is 1. The average molecular weight is 490 g/mol. The van der Waals surface area contributed by atoms with Gasteiger partial charge >= 0.3 is 0 Å². The van der Waals surface area contributed by atoms with E-state index in [9.17, 15) is 0 Å². The van der Waals surface area contributed by atoms with E-state index in [1.807, 2.05) is 30.3 Å². The molecule has 0 aromatic heterocycles. The van der Waals surface area contributed by atoms with Crippen LogP contribution in [-0.2, 0) is 4.74 Å². The van der Waals surface area contributed by atoms with Gasteiger partial charge in [-0.25, -0.2) is 0 Å². The van der Waals surface area contributed by atoms with Gasteiger partial charge in [0.1, 0.15) is 18.1 Å². The highest BCUT2D eigenvalue weighted by atomic mass is 16.7. The summed E-state index contributed by atoms with van der Waals surface area (Å²) in [6.07, 6.45) is 1.96. The first-order valence-corrected chi connectivity index (χ1v) is 12.5. The number of nitrogens with one attached hydrogen (secondary N) is 1. The van der Waals surface area contributed by atoms with Crippen molar-refractivity contribution in [1.29, 1.82) is 0 Å². The molecule has 1 N–H and O–H groups in total. The number of allylic oxidation sites excluding steroid dienone is 1. The second-order valence-corrected chi connectivity index (χ2v) is 8.47. The fourth-order valence-corrected chi connectivity index (χ4v) is 4.23. The first-order chi connectivity index (χ1) is 17.7. The highest BCUT2D eigenvalue weighted by molar-refractivity contribution is 5.99. The van der Waals surface area contributed by atoms with E-state index in [4.69, 9.17) is 23.7 Å². The molecule has 0 spiro atoms. The van der Waals surface area contributed by atoms with E-state index in [1.54, 1.807) is 7.11 Å². The van der Waals surface area contributed by atoms with Gasteiger partial charge in [0.15, 0.2) is 18.3 Å². The standard InChI is InChI=1S/C30H35NO5/c1-4-16-31-17-18-33-25-11-6-22(7-12-25)30(23-8-13-26(14-9-23)34-20-32-3)27(5-2)24-10-15-28-29(19-24)36-21-35-28/h6-15,19,31H,4-5,16-18,20-21H2,1-3H3. The van der Waals surface area contributed by atoms with Crippen molar-refractivity contribution in [3.8, 4) is 23.0 Å². The zero-order valence-electron chi connectivity index (χ0n) is 21.3. The molecule has 0 bridgehead atoms. The van der Waals surface area contributed by atoms with Gasteiger partial charge in [-0.15, -0.1) is 0 Å². The molecule has 0 aliphatic carbocycles. The van der Waals surface area contributed by atoms with Gasteiger partial charge in [0.2, 0.25) is 6.79 Å². The minimum atomic E-state index is 0.217. The van der Waals surface area contributed by atoms with Crippen molar-refractivity contribution < 1.29 is 23.7 Å². The minimum absolute atomic E-state index is 0.217. The van der Waals surface area contributed by atoms with Gasteiger partial charge in [-0.05, 0) is 83.6 Å². The topological polar surface area (TPSA) is 58.2 Å². The molecule has 6 nitrogen and oxygen atoms in total. The lowest BCUT2D eigenvalue weighted by atomic mass is 9.88. The van der Waals surface area contributed by atoms with Crippen molar-refractivity contribution in [2.24, 2.45) is 0 Å². The van der Waals surface area contributed by atoms with Crippen LogP contribution in [-0.4, -0.2) is 40.4 Å². The Morgan fingerprint density at radius 2 is 1.42 bits per heavy atom. The SMILES string of the molecule is CCCNCCOc1ccc(C(=C(CC)c2ccc3c(c2)OCO3)c2ccc(OCOC)cc2)cc1. The van der Waals surface area contributed by atoms with Gasteiger partial charge in [0, 0.05) is 13.7 Å². The maximum absolute atomic E-state index is 5.93. The van der Waals surface area contributed by atoms with Crippen LogP contribution in [0.3, 0.4) is 0 Å². The lowest BCUT2D eigenvalue weighted by Crippen LogP contribution is -2.21. The summed E-state index contributed by atoms with van der Waals surface area (Å²) < 4.78 is 27.8. The third-order valence-electron chi connectivity index (χ3n) is 5.98. The molecule has 3 aromatic carbocycles. The fraction of sp³-hybridized carbons (Fsp3) is 0.333. The Labute approximate surface area is 213 Å². The number of fused-ring (bicyclic) bond motifs is 1. The Morgan fingerprint density at radius 3 is 2.06 bits per heavy atom. The molecule has 36 heavy (non-hydrogen) atoms. The highest BCUT2D eigenvalue weighted by Crippen LogP contribution is 2.40. The number of benzene rings is 3. The Hall–Kier alpha value is -3.48. The summed E-state index contributed by atoms with van der Waals surface area (Å²) in [6.45, 7) is 7.29. The molecule has 1 aliphatic rings. The van der Waals surface area contributed by atoms with E-state index in [2.05, 4.69) is 55.6 Å². The molecule has 0 saturated heterocycles. The zero-order chi connectivity index (χ0) is 25.2. The van der Waals surface area contributed by atoms with Crippen molar-refractivity contribution in [2.75, 3.05) is 40.4 Å². The van der Waals surface area contributed by atoms with E-state index in [0.29, 0.717) is 6.61 Å². The fourth-order valence-electron chi connectivity index (χ4n) is 4.23. The molecule has 0 fully saturated rings. The van der Waals surface area contributed by atoms with Crippen molar-refractivity contribution in [3.63, 3.8) is 0 Å². The Balaban J connectivity index is 1.67. The Bertz CT molecular complexity index is 1140. The van der Waals surface area contributed by atoms with Crippen LogP contribution in [0, 0.1) is 0 Å². The quantitative estimate of drug-likeness (QED) is 0.177. The van der Waals surface area contributed by atoms with Gasteiger partial charge in [0.25, 0.3) is 0 Å². The highest BCUT2D eigenvalue weighted by Gasteiger charge is 2.18. The van der Waals surface area contributed by atoms with Gasteiger partial charge in [-0.3, -0.25) is 0 Å². The second kappa shape index (κ2) is 13.0. The molecule has 0 radical (unpaired) electrons. The summed E-state index contributed by atoms with van der Waals surface area (Å²) in [5.41, 5.74) is 5.71. The molecular formula is C30H35NO5. The van der Waals surface area contributed by atoms with Gasteiger partial charge in [0.05, 0.1) is 0 Å². The van der Waals surface area contributed by atoms with E-state index >= 15 is 0 Å². The molecule has 4 rings (SSSR count). The average Bonchev–Trinajstić information content (AvgIpc) is 3.39. The van der Waals surface area contributed by atoms with E-state index in [1.165, 1.54) is 5.57 Å². The molecule has 190 valence electrons. The van der Waals surface area contributed by atoms with Crippen LogP contribution in [0.5, 0.6) is 23.0 Å². The van der Waals surface area contributed by atoms with Crippen molar-refractivity contribution in [2.45, 2.75) is 26.7 Å². The van der Waals surface area contributed by atoms with E-state index < -0.39 is 0 Å². The Kier molecular flexibility index (Phi) is 9.25. The third kappa shape index (κ3) is 6.39. The van der Waals surface area contributed by atoms with E-state index in [-0.39, 0.29) is 13.6 Å². The first-order valence-electron chi connectivity index (χ1n) is 12.5. The molecule has 6 heteroatoms. The third-order valence-corrected chi connectivity index (χ3v) is 5.98. The molecule has 0 saturated carbocycles. The molecule has 0 unspecified atom stereocenters.